The number of benzene rings is 2. The summed E-state index contributed by atoms with van der Waals surface area (Å²) in [4.78, 5) is 39.2. The molecule has 0 fully saturated rings. The maximum absolute atomic E-state index is 13.8. The highest BCUT2D eigenvalue weighted by molar-refractivity contribution is 6.15. The molecular weight excluding hydrogens is 540 g/mol. The van der Waals surface area contributed by atoms with E-state index in [1.54, 1.807) is 10.9 Å². The molecule has 11 nitrogen and oxygen atoms in total. The SMILES string of the molecule is Cc1cnc(Nc2cc(C)n(C)n2)nc1-c1c[nH]c2c(N3Cc4c(cccc4-c4cnc(N(C)C)nc4)C3=O)cccc12. The number of anilines is 4. The summed E-state index contributed by atoms with van der Waals surface area (Å²) in [6.45, 7) is 4.42. The van der Waals surface area contributed by atoms with Gasteiger partial charge in [-0.25, -0.2) is 19.9 Å². The number of fused-ring (bicyclic) bond motifs is 2. The summed E-state index contributed by atoms with van der Waals surface area (Å²) in [5, 5.41) is 8.64. The third kappa shape index (κ3) is 4.45. The van der Waals surface area contributed by atoms with E-state index >= 15 is 0 Å². The van der Waals surface area contributed by atoms with Crippen LogP contribution in [0.5, 0.6) is 0 Å². The molecule has 0 bridgehead atoms. The van der Waals surface area contributed by atoms with Gasteiger partial charge in [-0.05, 0) is 42.7 Å². The minimum absolute atomic E-state index is 0.0401. The summed E-state index contributed by atoms with van der Waals surface area (Å²) in [7, 11) is 5.71. The van der Waals surface area contributed by atoms with E-state index in [4.69, 9.17) is 4.98 Å². The van der Waals surface area contributed by atoms with Crippen LogP contribution in [0.3, 0.4) is 0 Å². The van der Waals surface area contributed by atoms with Crippen molar-refractivity contribution in [1.29, 1.82) is 0 Å². The average molecular weight is 571 g/mol. The number of rotatable bonds is 6. The van der Waals surface area contributed by atoms with Crippen LogP contribution in [-0.4, -0.2) is 54.7 Å². The molecule has 0 radical (unpaired) electrons. The molecule has 2 N–H and O–H groups in total. The van der Waals surface area contributed by atoms with Crippen molar-refractivity contribution in [1.82, 2.24) is 34.7 Å². The zero-order chi connectivity index (χ0) is 29.8. The molecular formula is C32H30N10O. The monoisotopic (exact) mass is 570 g/mol. The van der Waals surface area contributed by atoms with Crippen molar-refractivity contribution in [3.05, 3.63) is 89.6 Å². The van der Waals surface area contributed by atoms with Gasteiger partial charge in [-0.2, -0.15) is 5.10 Å². The van der Waals surface area contributed by atoms with E-state index in [1.165, 1.54) is 0 Å². The van der Waals surface area contributed by atoms with E-state index in [-0.39, 0.29) is 5.91 Å². The first-order chi connectivity index (χ1) is 20.8. The third-order valence-corrected chi connectivity index (χ3v) is 7.88. The van der Waals surface area contributed by atoms with Gasteiger partial charge in [-0.15, -0.1) is 0 Å². The van der Waals surface area contributed by atoms with Gasteiger partial charge in [0.1, 0.15) is 0 Å². The van der Waals surface area contributed by atoms with Crippen LogP contribution in [0.1, 0.15) is 27.2 Å². The predicted molar refractivity (Wildman–Crippen MR) is 168 cm³/mol. The van der Waals surface area contributed by atoms with Gasteiger partial charge in [-0.1, -0.05) is 24.3 Å². The van der Waals surface area contributed by atoms with Crippen LogP contribution in [-0.2, 0) is 13.6 Å². The number of amides is 1. The molecule has 0 spiro atoms. The Morgan fingerprint density at radius 1 is 0.953 bits per heavy atom. The molecule has 1 aliphatic heterocycles. The number of hydrogen-bond donors (Lipinski definition) is 2. The molecule has 7 rings (SSSR count). The van der Waals surface area contributed by atoms with Gasteiger partial charge in [0.25, 0.3) is 5.91 Å². The van der Waals surface area contributed by atoms with Gasteiger partial charge in [-0.3, -0.25) is 9.48 Å². The molecule has 5 heterocycles. The minimum atomic E-state index is -0.0401. The molecule has 11 heteroatoms. The molecule has 6 aromatic rings. The first-order valence-corrected chi connectivity index (χ1v) is 13.9. The number of carbonyl (C=O) groups is 1. The highest BCUT2D eigenvalue weighted by atomic mass is 16.2. The first-order valence-electron chi connectivity index (χ1n) is 13.9. The van der Waals surface area contributed by atoms with Crippen molar-refractivity contribution in [2.75, 3.05) is 29.2 Å². The Morgan fingerprint density at radius 2 is 1.72 bits per heavy atom. The van der Waals surface area contributed by atoms with E-state index in [9.17, 15) is 4.79 Å². The highest BCUT2D eigenvalue weighted by Gasteiger charge is 2.32. The van der Waals surface area contributed by atoms with Crippen molar-refractivity contribution >= 4 is 40.2 Å². The molecule has 1 aliphatic rings. The van der Waals surface area contributed by atoms with Crippen LogP contribution in [0, 0.1) is 13.8 Å². The fourth-order valence-corrected chi connectivity index (χ4v) is 5.56. The standard InChI is InChI=1S/C32H30N10O/c1-18-13-34-31(37-27-12-19(2)41(5)39-27)38-28(18)24-16-33-29-22(24)9-7-11-26(29)42-17-25-21(8-6-10-23(25)30(42)43)20-14-35-32(36-15-20)40(3)4/h6-16,33H,17H2,1-5H3,(H,34,37,38,39). The van der Waals surface area contributed by atoms with Gasteiger partial charge in [0, 0.05) is 79.8 Å². The van der Waals surface area contributed by atoms with Crippen LogP contribution in [0.25, 0.3) is 33.3 Å². The average Bonchev–Trinajstić information content (AvgIpc) is 3.68. The van der Waals surface area contributed by atoms with Crippen molar-refractivity contribution < 1.29 is 4.79 Å². The number of hydrogen-bond acceptors (Lipinski definition) is 8. The van der Waals surface area contributed by atoms with Gasteiger partial charge in [0.05, 0.1) is 23.4 Å². The van der Waals surface area contributed by atoms with Gasteiger partial charge < -0.3 is 20.1 Å². The number of aromatic nitrogens is 7. The zero-order valence-electron chi connectivity index (χ0n) is 24.5. The number of nitrogens with zero attached hydrogens (tertiary/aromatic N) is 8. The third-order valence-electron chi connectivity index (χ3n) is 7.88. The topological polar surface area (TPSA) is 121 Å². The van der Waals surface area contributed by atoms with Crippen LogP contribution >= 0.6 is 0 Å². The minimum Gasteiger partial charge on any atom is -0.359 e. The van der Waals surface area contributed by atoms with E-state index in [2.05, 4.69) is 30.4 Å². The summed E-state index contributed by atoms with van der Waals surface area (Å²) < 4.78 is 1.80. The lowest BCUT2D eigenvalue weighted by Gasteiger charge is -2.17. The van der Waals surface area contributed by atoms with Gasteiger partial charge in [0.15, 0.2) is 5.82 Å². The van der Waals surface area contributed by atoms with E-state index < -0.39 is 0 Å². The second-order valence-electron chi connectivity index (χ2n) is 10.9. The van der Waals surface area contributed by atoms with Crippen molar-refractivity contribution in [3.8, 4) is 22.4 Å². The molecule has 214 valence electrons. The summed E-state index contributed by atoms with van der Waals surface area (Å²) in [6.07, 6.45) is 7.37. The lowest BCUT2D eigenvalue weighted by atomic mass is 9.99. The van der Waals surface area contributed by atoms with E-state index in [1.807, 2.05) is 106 Å². The summed E-state index contributed by atoms with van der Waals surface area (Å²) in [5.74, 6) is 1.74. The normalized spacial score (nSPS) is 12.7. The lowest BCUT2D eigenvalue weighted by Crippen LogP contribution is -2.23. The Morgan fingerprint density at radius 3 is 2.47 bits per heavy atom. The number of carbonyl (C=O) groups excluding carboxylic acids is 1. The zero-order valence-corrected chi connectivity index (χ0v) is 24.5. The van der Waals surface area contributed by atoms with Gasteiger partial charge >= 0.3 is 0 Å². The maximum atomic E-state index is 13.8. The van der Waals surface area contributed by atoms with Crippen LogP contribution < -0.4 is 15.1 Å². The molecule has 1 amide bonds. The van der Waals surface area contributed by atoms with Crippen molar-refractivity contribution in [2.45, 2.75) is 20.4 Å². The summed E-state index contributed by atoms with van der Waals surface area (Å²) in [5.41, 5.74) is 8.85. The Labute approximate surface area is 248 Å². The second kappa shape index (κ2) is 10.1. The fraction of sp³-hybridized carbons (Fsp3) is 0.188. The van der Waals surface area contributed by atoms with Crippen LogP contribution in [0.4, 0.5) is 23.4 Å². The van der Waals surface area contributed by atoms with E-state index in [0.29, 0.717) is 29.8 Å². The van der Waals surface area contributed by atoms with E-state index in [0.717, 1.165) is 55.8 Å². The Balaban J connectivity index is 1.24. The molecule has 0 unspecified atom stereocenters. The predicted octanol–water partition coefficient (Wildman–Crippen LogP) is 5.40. The lowest BCUT2D eigenvalue weighted by molar-refractivity contribution is 0.0997. The molecule has 0 atom stereocenters. The number of aromatic amines is 1. The van der Waals surface area contributed by atoms with Crippen LogP contribution in [0.15, 0.2) is 67.3 Å². The Kier molecular flexibility index (Phi) is 6.15. The molecule has 4 aromatic heterocycles. The Hall–Kier alpha value is -5.58. The molecule has 2 aromatic carbocycles. The molecule has 0 aliphatic carbocycles. The van der Waals surface area contributed by atoms with Gasteiger partial charge in [0.2, 0.25) is 11.9 Å². The number of nitrogens with one attached hydrogen (secondary N) is 2. The smallest absolute Gasteiger partial charge is 0.259 e. The summed E-state index contributed by atoms with van der Waals surface area (Å²) in [6, 6.07) is 13.8. The van der Waals surface area contributed by atoms with Crippen LogP contribution in [0.2, 0.25) is 0 Å². The first kappa shape index (κ1) is 26.3. The van der Waals surface area contributed by atoms with Crippen molar-refractivity contribution in [2.24, 2.45) is 7.05 Å². The highest BCUT2D eigenvalue weighted by Crippen LogP contribution is 2.40. The molecule has 43 heavy (non-hydrogen) atoms. The van der Waals surface area contributed by atoms with Crippen molar-refractivity contribution in [3.63, 3.8) is 0 Å². The number of H-pyrrole nitrogens is 1. The quantitative estimate of drug-likeness (QED) is 0.273. The summed E-state index contributed by atoms with van der Waals surface area (Å²) >= 11 is 0. The second-order valence-corrected chi connectivity index (χ2v) is 10.9. The maximum Gasteiger partial charge on any atom is 0.259 e. The largest absolute Gasteiger partial charge is 0.359 e. The number of para-hydroxylation sites is 1. The molecule has 0 saturated heterocycles. The fourth-order valence-electron chi connectivity index (χ4n) is 5.56. The number of aryl methyl sites for hydroxylation is 3. The Bertz CT molecular complexity index is 2000. The molecule has 0 saturated carbocycles.